The summed E-state index contributed by atoms with van der Waals surface area (Å²) in [5.41, 5.74) is 5.61. The van der Waals surface area contributed by atoms with Crippen molar-refractivity contribution in [2.75, 3.05) is 26.2 Å². The first kappa shape index (κ1) is 48.2. The van der Waals surface area contributed by atoms with E-state index in [1.54, 1.807) is 102 Å². The van der Waals surface area contributed by atoms with Gasteiger partial charge in [-0.2, -0.15) is 5.10 Å². The van der Waals surface area contributed by atoms with E-state index in [0.29, 0.717) is 112 Å². The van der Waals surface area contributed by atoms with Crippen molar-refractivity contribution in [3.8, 4) is 22.7 Å². The van der Waals surface area contributed by atoms with E-state index in [2.05, 4.69) is 21.0 Å². The number of thiophene rings is 1. The van der Waals surface area contributed by atoms with E-state index < -0.39 is 6.97 Å². The molecular weight excluding hydrogens is 950 g/mol. The van der Waals surface area contributed by atoms with Gasteiger partial charge in [0.05, 0.1) is 21.3 Å². The molecule has 6 aromatic rings. The Hall–Kier alpha value is -6.26. The van der Waals surface area contributed by atoms with Crippen LogP contribution in [-0.4, -0.2) is 75.4 Å². The molecule has 0 radical (unpaired) electrons. The number of amides is 3. The van der Waals surface area contributed by atoms with Gasteiger partial charge in [0.25, 0.3) is 11.8 Å². The van der Waals surface area contributed by atoms with Crippen LogP contribution in [0.1, 0.15) is 76.4 Å². The zero-order valence-electron chi connectivity index (χ0n) is 37.0. The molecule has 3 aromatic carbocycles. The van der Waals surface area contributed by atoms with E-state index in [9.17, 15) is 14.4 Å². The third-order valence-electron chi connectivity index (χ3n) is 11.5. The Labute approximate surface area is 411 Å². The minimum Gasteiger partial charge on any atom is -0.484 e. The van der Waals surface area contributed by atoms with E-state index in [4.69, 9.17) is 39.5 Å². The molecule has 0 unspecified atom stereocenters. The van der Waals surface area contributed by atoms with Crippen molar-refractivity contribution in [2.24, 2.45) is 0 Å². The summed E-state index contributed by atoms with van der Waals surface area (Å²) in [5.74, 6) is -0.127. The maximum absolute atomic E-state index is 16.1. The lowest BCUT2D eigenvalue weighted by atomic mass is 9.90. The van der Waals surface area contributed by atoms with Crippen molar-refractivity contribution < 1.29 is 32.2 Å². The smallest absolute Gasteiger partial charge is 0.484 e. The van der Waals surface area contributed by atoms with Crippen molar-refractivity contribution in [1.82, 2.24) is 30.2 Å². The van der Waals surface area contributed by atoms with Gasteiger partial charge in [-0.15, -0.1) is 11.3 Å². The number of carbonyl (C=O) groups excluding carboxylic acids is 3. The fourth-order valence-electron chi connectivity index (χ4n) is 8.12. The summed E-state index contributed by atoms with van der Waals surface area (Å²) in [4.78, 5) is 38.9. The molecule has 3 aromatic heterocycles. The highest BCUT2D eigenvalue weighted by atomic mass is 35.5. The van der Waals surface area contributed by atoms with Gasteiger partial charge in [-0.3, -0.25) is 14.4 Å². The molecule has 18 heteroatoms. The Morgan fingerprint density at radius 2 is 1.53 bits per heavy atom. The van der Waals surface area contributed by atoms with Gasteiger partial charge in [0.15, 0.2) is 23.7 Å². The molecule has 68 heavy (non-hydrogen) atoms. The Morgan fingerprint density at radius 1 is 0.809 bits per heavy atom. The van der Waals surface area contributed by atoms with Crippen molar-refractivity contribution in [2.45, 2.75) is 45.4 Å². The van der Waals surface area contributed by atoms with Crippen LogP contribution in [0.3, 0.4) is 0 Å². The van der Waals surface area contributed by atoms with Gasteiger partial charge in [0.2, 0.25) is 5.91 Å². The Balaban J connectivity index is 0.693. The molecule has 350 valence electrons. The average Bonchev–Trinajstić information content (AvgIpc) is 4.15. The number of halogens is 5. The van der Waals surface area contributed by atoms with Crippen molar-refractivity contribution in [1.29, 1.82) is 0 Å². The summed E-state index contributed by atoms with van der Waals surface area (Å²) < 4.78 is 41.8. The van der Waals surface area contributed by atoms with Gasteiger partial charge >= 0.3 is 6.97 Å². The summed E-state index contributed by atoms with van der Waals surface area (Å²) in [5, 5.41) is 16.7. The molecule has 0 aliphatic carbocycles. The standard InChI is InChI=1S/C50H47BCl3F2N7O4S/c1-33-48(60-63(43-24-17-37(53)30-42(43)54)49(33)35-13-15-36(52)16-14-35)50(66)59-28-6-5-27-57-46(64)9-3-2-4-26-58-47(65)32-67-41-22-11-34(12-23-41)10-18-38-19-20-39-31-40-21-25-44(45-8-7-29-68-45)62(40)51(55,56)61(38)39/h7-8,10-25,29-31H,2-6,9,26-28,32H2,1H3,(H,57,64)(H,58,65)(H,59,66)/b18-10+. The number of hydrogen-bond donors (Lipinski definition) is 3. The summed E-state index contributed by atoms with van der Waals surface area (Å²) >= 11 is 20.3. The molecule has 8 rings (SSSR count). The van der Waals surface area contributed by atoms with Crippen LogP contribution in [0.2, 0.25) is 15.1 Å². The van der Waals surface area contributed by atoms with Crippen molar-refractivity contribution >= 4 is 94.8 Å². The Bertz CT molecular complexity index is 2950. The molecule has 3 N–H and O–H groups in total. The molecule has 2 aliphatic rings. The average molecular weight is 997 g/mol. The summed E-state index contributed by atoms with van der Waals surface area (Å²) in [6.45, 7) is -1.11. The molecule has 0 atom stereocenters. The highest BCUT2D eigenvalue weighted by Gasteiger charge is 2.52. The zero-order valence-corrected chi connectivity index (χ0v) is 40.1. The largest absolute Gasteiger partial charge is 0.737 e. The topological polar surface area (TPSA) is 122 Å². The second-order valence-electron chi connectivity index (χ2n) is 16.3. The fraction of sp³-hybridized carbons (Fsp3) is 0.220. The van der Waals surface area contributed by atoms with Crippen LogP contribution in [0.15, 0.2) is 114 Å². The SMILES string of the molecule is Cc1c(C(=O)NCCCCNC(=O)CCCCCNC(=O)COc2ccc(/C=C/c3ccc4n3[B-](F)(F)[N+]3=C(c5cccs5)C=CC3=C4)cc2)nn(-c2ccc(Cl)cc2Cl)c1-c1ccc(Cl)cc1. The van der Waals surface area contributed by atoms with E-state index in [1.807, 2.05) is 36.6 Å². The number of fused-ring (bicyclic) bond motifs is 2. The zero-order chi connectivity index (χ0) is 47.8. The number of allylic oxidation sites excluding steroid dienone is 2. The van der Waals surface area contributed by atoms with Crippen LogP contribution in [0.5, 0.6) is 5.75 Å². The molecular formula is C50H47BCl3F2N7O4S. The minimum atomic E-state index is -4.13. The second kappa shape index (κ2) is 21.8. The van der Waals surface area contributed by atoms with Gasteiger partial charge in [-0.1, -0.05) is 77.6 Å². The second-order valence-corrected chi connectivity index (χ2v) is 18.5. The molecule has 0 saturated carbocycles. The van der Waals surface area contributed by atoms with Crippen LogP contribution in [0, 0.1) is 6.92 Å². The monoisotopic (exact) mass is 995 g/mol. The van der Waals surface area contributed by atoms with Crippen LogP contribution in [-0.2, 0) is 9.59 Å². The molecule has 3 amide bonds. The number of ether oxygens (including phenoxy) is 1. The van der Waals surface area contributed by atoms with E-state index in [-0.39, 0.29) is 30.0 Å². The highest BCUT2D eigenvalue weighted by Crippen LogP contribution is 2.36. The van der Waals surface area contributed by atoms with Crippen LogP contribution in [0.25, 0.3) is 35.2 Å². The molecule has 0 fully saturated rings. The number of nitrogens with one attached hydrogen (secondary N) is 3. The third kappa shape index (κ3) is 11.2. The molecule has 2 aliphatic heterocycles. The quantitative estimate of drug-likeness (QED) is 0.0519. The van der Waals surface area contributed by atoms with Crippen LogP contribution >= 0.6 is 46.1 Å². The van der Waals surface area contributed by atoms with Crippen molar-refractivity contribution in [3.63, 3.8) is 0 Å². The highest BCUT2D eigenvalue weighted by molar-refractivity contribution is 7.12. The number of nitrogens with zero attached hydrogens (tertiary/aromatic N) is 4. The first-order valence-corrected chi connectivity index (χ1v) is 24.3. The maximum atomic E-state index is 16.1. The van der Waals surface area contributed by atoms with E-state index >= 15 is 8.63 Å². The Kier molecular flexibility index (Phi) is 15.5. The predicted octanol–water partition coefficient (Wildman–Crippen LogP) is 10.9. The number of rotatable bonds is 20. The van der Waals surface area contributed by atoms with Crippen LogP contribution in [0.4, 0.5) is 8.63 Å². The minimum absolute atomic E-state index is 0.0473. The summed E-state index contributed by atoms with van der Waals surface area (Å²) in [6, 6.07) is 26.5. The number of carbonyl (C=O) groups is 3. The lowest BCUT2D eigenvalue weighted by Crippen LogP contribution is -2.50. The predicted molar refractivity (Wildman–Crippen MR) is 269 cm³/mol. The number of benzene rings is 3. The molecule has 0 saturated heterocycles. The Morgan fingerprint density at radius 3 is 2.26 bits per heavy atom. The molecule has 11 nitrogen and oxygen atoms in total. The van der Waals surface area contributed by atoms with Crippen LogP contribution < -0.4 is 20.7 Å². The van der Waals surface area contributed by atoms with Gasteiger partial charge in [-0.25, -0.2) is 4.68 Å². The number of hydrogen-bond acceptors (Lipinski definition) is 6. The first-order chi connectivity index (χ1) is 32.9. The van der Waals surface area contributed by atoms with Gasteiger partial charge in [0, 0.05) is 76.8 Å². The first-order valence-electron chi connectivity index (χ1n) is 22.2. The lowest BCUT2D eigenvalue weighted by Gasteiger charge is -2.30. The molecule has 0 bridgehead atoms. The lowest BCUT2D eigenvalue weighted by molar-refractivity contribution is -0.360. The van der Waals surface area contributed by atoms with E-state index in [0.717, 1.165) is 31.4 Å². The van der Waals surface area contributed by atoms with Gasteiger partial charge in [-0.05, 0) is 110 Å². The van der Waals surface area contributed by atoms with E-state index in [1.165, 1.54) is 11.3 Å². The number of unbranched alkanes of at least 4 members (excludes halogenated alkanes) is 3. The maximum Gasteiger partial charge on any atom is 0.737 e. The summed E-state index contributed by atoms with van der Waals surface area (Å²) in [7, 11) is 0. The third-order valence-corrected chi connectivity index (χ3v) is 13.2. The van der Waals surface area contributed by atoms with Crippen molar-refractivity contribution in [3.05, 3.63) is 162 Å². The molecule has 0 spiro atoms. The molecule has 5 heterocycles. The normalized spacial score (nSPS) is 13.6. The summed E-state index contributed by atoms with van der Waals surface area (Å²) in [6.07, 6.45) is 12.6. The van der Waals surface area contributed by atoms with Gasteiger partial charge in [0.1, 0.15) is 5.75 Å². The number of aromatic nitrogens is 3. The van der Waals surface area contributed by atoms with Gasteiger partial charge < -0.3 is 38.3 Å². The fourth-order valence-corrected chi connectivity index (χ4v) is 9.48.